The molecular weight excluding hydrogens is 286 g/mol. The second-order valence-electron chi connectivity index (χ2n) is 5.52. The highest BCUT2D eigenvalue weighted by molar-refractivity contribution is 5.22. The number of aryl methyl sites for hydroxylation is 1. The van der Waals surface area contributed by atoms with Gasteiger partial charge in [0.2, 0.25) is 0 Å². The van der Waals surface area contributed by atoms with Crippen LogP contribution in [0.2, 0.25) is 0 Å². The molecule has 8 nitrogen and oxygen atoms in total. The zero-order valence-electron chi connectivity index (χ0n) is 12.4. The van der Waals surface area contributed by atoms with E-state index in [0.717, 1.165) is 17.8 Å². The van der Waals surface area contributed by atoms with Crippen molar-refractivity contribution in [3.8, 4) is 0 Å². The van der Waals surface area contributed by atoms with Gasteiger partial charge in [-0.25, -0.2) is 4.79 Å². The number of nitrogens with zero attached hydrogens (tertiary/aromatic N) is 4. The molecule has 0 fully saturated rings. The summed E-state index contributed by atoms with van der Waals surface area (Å²) in [6, 6.07) is 1.43. The zero-order chi connectivity index (χ0) is 15.7. The fraction of sp³-hybridized carbons (Fsp3) is 0.500. The number of rotatable bonds is 5. The maximum Gasteiger partial charge on any atom is 0.328 e. The number of fused-ring (bicyclic) bond motifs is 1. The van der Waals surface area contributed by atoms with E-state index in [0.29, 0.717) is 31.9 Å². The van der Waals surface area contributed by atoms with E-state index < -0.39 is 0 Å². The Hall–Kier alpha value is -2.19. The topological polar surface area (TPSA) is 96.2 Å². The van der Waals surface area contributed by atoms with Crippen molar-refractivity contribution in [2.75, 3.05) is 13.2 Å². The molecule has 0 saturated heterocycles. The van der Waals surface area contributed by atoms with E-state index >= 15 is 0 Å². The molecule has 22 heavy (non-hydrogen) atoms. The summed E-state index contributed by atoms with van der Waals surface area (Å²) in [6.45, 7) is 4.67. The van der Waals surface area contributed by atoms with Crippen LogP contribution in [-0.4, -0.2) is 42.5 Å². The summed E-state index contributed by atoms with van der Waals surface area (Å²) in [5, 5.41) is 13.3. The molecule has 0 aliphatic carbocycles. The lowest BCUT2D eigenvalue weighted by atomic mass is 10.3. The second kappa shape index (κ2) is 5.90. The van der Waals surface area contributed by atoms with Crippen molar-refractivity contribution in [1.29, 1.82) is 0 Å². The summed E-state index contributed by atoms with van der Waals surface area (Å²) in [5.74, 6) is 0. The Kier molecular flexibility index (Phi) is 3.95. The summed E-state index contributed by atoms with van der Waals surface area (Å²) in [6.07, 6.45) is 1.82. The van der Waals surface area contributed by atoms with Crippen molar-refractivity contribution >= 4 is 0 Å². The van der Waals surface area contributed by atoms with Crippen molar-refractivity contribution in [3.05, 3.63) is 50.1 Å². The van der Waals surface area contributed by atoms with E-state index in [-0.39, 0.29) is 17.9 Å². The van der Waals surface area contributed by atoms with Gasteiger partial charge in [0.15, 0.2) is 0 Å². The van der Waals surface area contributed by atoms with Crippen LogP contribution in [-0.2, 0) is 26.2 Å². The van der Waals surface area contributed by atoms with Crippen LogP contribution in [0.15, 0.2) is 21.9 Å². The zero-order valence-corrected chi connectivity index (χ0v) is 12.4. The fourth-order valence-corrected chi connectivity index (χ4v) is 2.81. The Morgan fingerprint density at radius 2 is 2.09 bits per heavy atom. The Bertz CT molecular complexity index is 757. The highest BCUT2D eigenvalue weighted by Gasteiger charge is 2.23. The largest absolute Gasteiger partial charge is 0.394 e. The molecular formula is C14H19N5O3. The lowest BCUT2D eigenvalue weighted by molar-refractivity contribution is 0.248. The summed E-state index contributed by atoms with van der Waals surface area (Å²) < 4.78 is 3.02. The maximum atomic E-state index is 11.9. The van der Waals surface area contributed by atoms with Gasteiger partial charge in [0.05, 0.1) is 25.0 Å². The van der Waals surface area contributed by atoms with Gasteiger partial charge in [0.25, 0.3) is 5.56 Å². The molecule has 1 aliphatic rings. The van der Waals surface area contributed by atoms with Crippen LogP contribution in [0.4, 0.5) is 0 Å². The Labute approximate surface area is 126 Å². The van der Waals surface area contributed by atoms with Crippen LogP contribution in [0.25, 0.3) is 0 Å². The first-order valence-electron chi connectivity index (χ1n) is 7.26. The van der Waals surface area contributed by atoms with Crippen LogP contribution in [0.5, 0.6) is 0 Å². The number of aliphatic hydroxyl groups excluding tert-OH is 1. The van der Waals surface area contributed by atoms with Gasteiger partial charge >= 0.3 is 5.69 Å². The molecule has 0 amide bonds. The molecule has 0 bridgehead atoms. The predicted molar refractivity (Wildman–Crippen MR) is 79.5 cm³/mol. The van der Waals surface area contributed by atoms with Crippen molar-refractivity contribution in [2.45, 2.75) is 33.1 Å². The highest BCUT2D eigenvalue weighted by atomic mass is 16.3. The average molecular weight is 305 g/mol. The molecule has 118 valence electrons. The van der Waals surface area contributed by atoms with E-state index in [2.05, 4.69) is 15.0 Å². The Morgan fingerprint density at radius 3 is 2.82 bits per heavy atom. The first-order chi connectivity index (χ1) is 10.6. The van der Waals surface area contributed by atoms with Crippen molar-refractivity contribution in [3.63, 3.8) is 0 Å². The molecule has 2 aromatic rings. The Morgan fingerprint density at radius 1 is 1.27 bits per heavy atom. The normalized spacial score (nSPS) is 14.5. The molecule has 1 aliphatic heterocycles. The quantitative estimate of drug-likeness (QED) is 0.742. The van der Waals surface area contributed by atoms with E-state index in [4.69, 9.17) is 5.11 Å². The van der Waals surface area contributed by atoms with Crippen molar-refractivity contribution in [2.24, 2.45) is 0 Å². The second-order valence-corrected chi connectivity index (χ2v) is 5.52. The van der Waals surface area contributed by atoms with Gasteiger partial charge in [0.1, 0.15) is 0 Å². The minimum absolute atomic E-state index is 0.0578. The van der Waals surface area contributed by atoms with Crippen LogP contribution in [0.3, 0.4) is 0 Å². The van der Waals surface area contributed by atoms with Gasteiger partial charge in [-0.3, -0.25) is 18.9 Å². The molecule has 8 heteroatoms. The minimum atomic E-state index is -0.367. The first kappa shape index (κ1) is 14.7. The summed E-state index contributed by atoms with van der Waals surface area (Å²) in [5.41, 5.74) is 2.17. The third-order valence-electron chi connectivity index (χ3n) is 3.91. The number of aromatic nitrogens is 4. The van der Waals surface area contributed by atoms with Crippen molar-refractivity contribution in [1.82, 2.24) is 24.2 Å². The number of aromatic amines is 1. The van der Waals surface area contributed by atoms with Crippen LogP contribution >= 0.6 is 0 Å². The molecule has 3 rings (SSSR count). The molecule has 0 atom stereocenters. The van der Waals surface area contributed by atoms with Gasteiger partial charge in [-0.2, -0.15) is 5.10 Å². The van der Waals surface area contributed by atoms with E-state index in [1.54, 1.807) is 11.6 Å². The maximum absolute atomic E-state index is 11.9. The third-order valence-corrected chi connectivity index (χ3v) is 3.91. The number of hydrogen-bond donors (Lipinski definition) is 2. The van der Waals surface area contributed by atoms with Gasteiger partial charge in [-0.1, -0.05) is 0 Å². The van der Waals surface area contributed by atoms with E-state index in [1.807, 2.05) is 6.20 Å². The average Bonchev–Trinajstić information content (AvgIpc) is 2.99. The van der Waals surface area contributed by atoms with Crippen molar-refractivity contribution < 1.29 is 5.11 Å². The molecule has 2 aromatic heterocycles. The summed E-state index contributed by atoms with van der Waals surface area (Å²) >= 11 is 0. The third kappa shape index (κ3) is 2.75. The monoisotopic (exact) mass is 305 g/mol. The molecule has 3 heterocycles. The molecule has 0 spiro atoms. The fourth-order valence-electron chi connectivity index (χ4n) is 2.81. The summed E-state index contributed by atoms with van der Waals surface area (Å²) in [7, 11) is 0. The minimum Gasteiger partial charge on any atom is -0.394 e. The Balaban J connectivity index is 1.67. The van der Waals surface area contributed by atoms with Gasteiger partial charge < -0.3 is 10.1 Å². The van der Waals surface area contributed by atoms with Gasteiger partial charge in [-0.15, -0.1) is 0 Å². The van der Waals surface area contributed by atoms with E-state index in [9.17, 15) is 9.59 Å². The van der Waals surface area contributed by atoms with Crippen LogP contribution < -0.4 is 11.2 Å². The highest BCUT2D eigenvalue weighted by Crippen LogP contribution is 2.21. The van der Waals surface area contributed by atoms with Crippen LogP contribution in [0, 0.1) is 6.92 Å². The van der Waals surface area contributed by atoms with Gasteiger partial charge in [0, 0.05) is 43.5 Å². The smallest absolute Gasteiger partial charge is 0.328 e. The first-order valence-corrected chi connectivity index (χ1v) is 7.26. The summed E-state index contributed by atoms with van der Waals surface area (Å²) in [4.78, 5) is 28.5. The lowest BCUT2D eigenvalue weighted by Crippen LogP contribution is -2.38. The van der Waals surface area contributed by atoms with Gasteiger partial charge in [-0.05, 0) is 6.92 Å². The predicted octanol–water partition coefficient (Wildman–Crippen LogP) is -0.950. The molecule has 0 unspecified atom stereocenters. The standard InChI is InChI=1S/C14H19N5O3/c1-10-6-13(21)18(14(22)16-10)3-2-17-8-11-7-15-19(4-5-20)12(11)9-17/h6-7,20H,2-5,8-9H2,1H3,(H,16,22). The van der Waals surface area contributed by atoms with Crippen LogP contribution in [0.1, 0.15) is 17.0 Å². The SMILES string of the molecule is Cc1cc(=O)n(CCN2Cc3cnn(CCO)c3C2)c(=O)[nH]1. The van der Waals surface area contributed by atoms with E-state index in [1.165, 1.54) is 10.6 Å². The number of nitrogens with one attached hydrogen (secondary N) is 1. The molecule has 0 saturated carbocycles. The lowest BCUT2D eigenvalue weighted by Gasteiger charge is -2.16. The number of aliphatic hydroxyl groups is 1. The number of H-pyrrole nitrogens is 1. The molecule has 0 radical (unpaired) electrons. The molecule has 0 aromatic carbocycles. The number of hydrogen-bond acceptors (Lipinski definition) is 5. The molecule has 2 N–H and O–H groups in total.